The van der Waals surface area contributed by atoms with Crippen LogP contribution in [0.1, 0.15) is 12.0 Å². The summed E-state index contributed by atoms with van der Waals surface area (Å²) in [6.45, 7) is 2.47. The molecule has 1 saturated heterocycles. The van der Waals surface area contributed by atoms with Crippen LogP contribution in [0.3, 0.4) is 0 Å². The molecule has 2 heterocycles. The quantitative estimate of drug-likeness (QED) is 0.856. The molecule has 6 heteroatoms. The molecule has 0 saturated carbocycles. The van der Waals surface area contributed by atoms with Crippen LogP contribution in [0.4, 0.5) is 10.1 Å². The molecule has 1 unspecified atom stereocenters. The number of anilines is 1. The molecule has 1 N–H and O–H groups in total. The first-order chi connectivity index (χ1) is 10.6. The highest BCUT2D eigenvalue weighted by molar-refractivity contribution is 6.33. The van der Waals surface area contributed by atoms with Crippen molar-refractivity contribution in [3.05, 3.63) is 58.1 Å². The van der Waals surface area contributed by atoms with Gasteiger partial charge in [0.25, 0.3) is 0 Å². The van der Waals surface area contributed by atoms with Gasteiger partial charge in [0.05, 0.1) is 11.9 Å². The van der Waals surface area contributed by atoms with E-state index in [1.165, 1.54) is 6.07 Å². The summed E-state index contributed by atoms with van der Waals surface area (Å²) >= 11 is 12.2. The van der Waals surface area contributed by atoms with Gasteiger partial charge in [0, 0.05) is 35.7 Å². The van der Waals surface area contributed by atoms with Gasteiger partial charge in [0.1, 0.15) is 0 Å². The van der Waals surface area contributed by atoms with Gasteiger partial charge in [-0.3, -0.25) is 0 Å². The molecular weight excluding hydrogens is 324 g/mol. The number of rotatable bonds is 4. The fourth-order valence-corrected chi connectivity index (χ4v) is 3.03. The molecule has 0 spiro atoms. The maximum atomic E-state index is 12.9. The van der Waals surface area contributed by atoms with Crippen LogP contribution < -0.4 is 10.2 Å². The van der Waals surface area contributed by atoms with Crippen LogP contribution in [0.15, 0.2) is 36.5 Å². The third-order valence-electron chi connectivity index (χ3n) is 3.85. The van der Waals surface area contributed by atoms with Gasteiger partial charge in [-0.1, -0.05) is 23.2 Å². The van der Waals surface area contributed by atoms with Gasteiger partial charge < -0.3 is 10.2 Å². The molecule has 0 aliphatic carbocycles. The lowest BCUT2D eigenvalue weighted by atomic mass is 10.2. The Morgan fingerprint density at radius 3 is 2.91 bits per heavy atom. The van der Waals surface area contributed by atoms with Crippen LogP contribution in [-0.4, -0.2) is 24.1 Å². The van der Waals surface area contributed by atoms with Gasteiger partial charge in [-0.25, -0.2) is 4.98 Å². The van der Waals surface area contributed by atoms with Crippen molar-refractivity contribution in [2.45, 2.75) is 19.0 Å². The van der Waals surface area contributed by atoms with E-state index in [1.54, 1.807) is 18.3 Å². The number of pyridine rings is 1. The van der Waals surface area contributed by atoms with Crippen LogP contribution >= 0.6 is 23.2 Å². The van der Waals surface area contributed by atoms with E-state index >= 15 is 0 Å². The van der Waals surface area contributed by atoms with Crippen LogP contribution in [0.2, 0.25) is 10.0 Å². The lowest BCUT2D eigenvalue weighted by Crippen LogP contribution is -2.32. The second kappa shape index (κ2) is 6.82. The minimum Gasteiger partial charge on any atom is -0.369 e. The fraction of sp³-hybridized carbons (Fsp3) is 0.312. The van der Waals surface area contributed by atoms with Gasteiger partial charge in [0.15, 0.2) is 0 Å². The van der Waals surface area contributed by atoms with Crippen molar-refractivity contribution >= 4 is 28.9 Å². The summed E-state index contributed by atoms with van der Waals surface area (Å²) in [4.78, 5) is 5.90. The highest BCUT2D eigenvalue weighted by Crippen LogP contribution is 2.22. The Bertz CT molecular complexity index is 648. The zero-order valence-electron chi connectivity index (χ0n) is 11.9. The highest BCUT2D eigenvalue weighted by atomic mass is 35.5. The van der Waals surface area contributed by atoms with Gasteiger partial charge in [-0.2, -0.15) is 4.39 Å². The second-order valence-corrected chi connectivity index (χ2v) is 6.23. The summed E-state index contributed by atoms with van der Waals surface area (Å²) in [6.07, 6.45) is 2.60. The predicted molar refractivity (Wildman–Crippen MR) is 88.1 cm³/mol. The first-order valence-electron chi connectivity index (χ1n) is 7.15. The van der Waals surface area contributed by atoms with Crippen molar-refractivity contribution in [3.63, 3.8) is 0 Å². The number of hydrogen-bond acceptors (Lipinski definition) is 3. The highest BCUT2D eigenvalue weighted by Gasteiger charge is 2.22. The molecule has 2 aromatic rings. The van der Waals surface area contributed by atoms with Gasteiger partial charge in [0.2, 0.25) is 5.95 Å². The minimum atomic E-state index is -0.451. The van der Waals surface area contributed by atoms with Crippen molar-refractivity contribution in [3.8, 4) is 0 Å². The molecule has 3 nitrogen and oxygen atoms in total. The second-order valence-electron chi connectivity index (χ2n) is 5.39. The number of nitrogens with one attached hydrogen (secondary N) is 1. The average molecular weight is 340 g/mol. The maximum absolute atomic E-state index is 12.9. The fourth-order valence-electron chi connectivity index (χ4n) is 2.65. The van der Waals surface area contributed by atoms with Gasteiger partial charge >= 0.3 is 0 Å². The Hall–Kier alpha value is -1.36. The van der Waals surface area contributed by atoms with Crippen molar-refractivity contribution in [2.75, 3.05) is 18.0 Å². The van der Waals surface area contributed by atoms with Crippen molar-refractivity contribution in [2.24, 2.45) is 0 Å². The summed E-state index contributed by atoms with van der Waals surface area (Å²) in [5.74, 6) is -0.451. The topological polar surface area (TPSA) is 28.2 Å². The zero-order chi connectivity index (χ0) is 15.5. The monoisotopic (exact) mass is 339 g/mol. The first kappa shape index (κ1) is 15.5. The number of benzene rings is 1. The summed E-state index contributed by atoms with van der Waals surface area (Å²) in [7, 11) is 0. The summed E-state index contributed by atoms with van der Waals surface area (Å²) < 4.78 is 12.9. The number of aromatic nitrogens is 1. The Balaban J connectivity index is 1.57. The van der Waals surface area contributed by atoms with Crippen LogP contribution in [0.5, 0.6) is 0 Å². The predicted octanol–water partition coefficient (Wildman–Crippen LogP) is 3.90. The molecule has 116 valence electrons. The first-order valence-corrected chi connectivity index (χ1v) is 7.91. The molecule has 1 aromatic carbocycles. The molecule has 0 radical (unpaired) electrons. The number of hydrogen-bond donors (Lipinski definition) is 1. The van der Waals surface area contributed by atoms with E-state index in [1.807, 2.05) is 12.1 Å². The zero-order valence-corrected chi connectivity index (χ0v) is 13.4. The van der Waals surface area contributed by atoms with E-state index in [2.05, 4.69) is 15.2 Å². The molecule has 22 heavy (non-hydrogen) atoms. The molecule has 0 amide bonds. The molecule has 1 aliphatic heterocycles. The largest absolute Gasteiger partial charge is 0.369 e. The Morgan fingerprint density at radius 1 is 1.27 bits per heavy atom. The third kappa shape index (κ3) is 3.69. The van der Waals surface area contributed by atoms with Gasteiger partial charge in [-0.05, 0) is 42.3 Å². The van der Waals surface area contributed by atoms with Crippen molar-refractivity contribution < 1.29 is 4.39 Å². The summed E-state index contributed by atoms with van der Waals surface area (Å²) in [5, 5.41) is 4.90. The minimum absolute atomic E-state index is 0.361. The molecule has 1 fully saturated rings. The Kier molecular flexibility index (Phi) is 4.81. The SMILES string of the molecule is Fc1ccc(N2CCC(NCc3cc(Cl)ccc3Cl)C2)cn1. The smallest absolute Gasteiger partial charge is 0.212 e. The maximum Gasteiger partial charge on any atom is 0.212 e. The Morgan fingerprint density at radius 2 is 2.14 bits per heavy atom. The summed E-state index contributed by atoms with van der Waals surface area (Å²) in [5.41, 5.74) is 1.95. The van der Waals surface area contributed by atoms with E-state index in [9.17, 15) is 4.39 Å². The molecular formula is C16H16Cl2FN3. The van der Waals surface area contributed by atoms with E-state index in [4.69, 9.17) is 23.2 Å². The van der Waals surface area contributed by atoms with E-state index in [-0.39, 0.29) is 0 Å². The van der Waals surface area contributed by atoms with E-state index in [0.29, 0.717) is 17.6 Å². The van der Waals surface area contributed by atoms with Crippen LogP contribution in [0, 0.1) is 5.95 Å². The van der Waals surface area contributed by atoms with Gasteiger partial charge in [-0.15, -0.1) is 0 Å². The van der Waals surface area contributed by atoms with Crippen LogP contribution in [0.25, 0.3) is 0 Å². The Labute approximate surface area is 139 Å². The lowest BCUT2D eigenvalue weighted by molar-refractivity contribution is 0.551. The third-order valence-corrected chi connectivity index (χ3v) is 4.46. The van der Waals surface area contributed by atoms with E-state index in [0.717, 1.165) is 35.8 Å². The molecule has 0 bridgehead atoms. The standard InChI is InChI=1S/C16H16Cl2FN3/c17-12-1-3-15(18)11(7-12)8-20-13-5-6-22(10-13)14-2-4-16(19)21-9-14/h1-4,7,9,13,20H,5-6,8,10H2. The van der Waals surface area contributed by atoms with E-state index < -0.39 is 5.95 Å². The number of halogens is 3. The van der Waals surface area contributed by atoms with Crippen molar-refractivity contribution in [1.82, 2.24) is 10.3 Å². The number of nitrogens with zero attached hydrogens (tertiary/aromatic N) is 2. The molecule has 1 aliphatic rings. The summed E-state index contributed by atoms with van der Waals surface area (Å²) in [6, 6.07) is 8.99. The normalized spacial score (nSPS) is 18.0. The van der Waals surface area contributed by atoms with Crippen molar-refractivity contribution in [1.29, 1.82) is 0 Å². The van der Waals surface area contributed by atoms with Crippen LogP contribution in [-0.2, 0) is 6.54 Å². The molecule has 3 rings (SSSR count). The molecule has 1 aromatic heterocycles. The molecule has 1 atom stereocenters. The lowest BCUT2D eigenvalue weighted by Gasteiger charge is -2.18. The average Bonchev–Trinajstić information content (AvgIpc) is 2.98.